The lowest BCUT2D eigenvalue weighted by atomic mass is 10.0. The summed E-state index contributed by atoms with van der Waals surface area (Å²) in [5, 5.41) is 2.85. The van der Waals surface area contributed by atoms with Crippen LogP contribution in [0.5, 0.6) is 5.75 Å². The third kappa shape index (κ3) is 7.40. The first-order chi connectivity index (χ1) is 15.4. The predicted molar refractivity (Wildman–Crippen MR) is 123 cm³/mol. The molecule has 3 atom stereocenters. The molecule has 180 valence electrons. The number of rotatable bonds is 7. The van der Waals surface area contributed by atoms with E-state index in [1.54, 1.807) is 24.3 Å². The molecule has 33 heavy (non-hydrogen) atoms. The smallest absolute Gasteiger partial charge is 0.404 e. The molecule has 0 radical (unpaired) electrons. The zero-order valence-electron chi connectivity index (χ0n) is 18.9. The average molecular weight is 479 g/mol. The second-order valence-electron chi connectivity index (χ2n) is 8.90. The fourth-order valence-electron chi connectivity index (χ4n) is 3.09. The summed E-state index contributed by atoms with van der Waals surface area (Å²) < 4.78 is 30.8. The second kappa shape index (κ2) is 10.0. The number of nitrogens with two attached hydrogens (primary N) is 2. The first-order valence-electron chi connectivity index (χ1n) is 10.5. The van der Waals surface area contributed by atoms with Crippen LogP contribution in [0, 0.1) is 0 Å². The zero-order chi connectivity index (χ0) is 24.2. The molecule has 11 nitrogen and oxygen atoms in total. The van der Waals surface area contributed by atoms with Gasteiger partial charge in [-0.25, -0.2) is 9.36 Å². The van der Waals surface area contributed by atoms with Gasteiger partial charge >= 0.3 is 13.3 Å². The maximum absolute atomic E-state index is 12.9. The Balaban J connectivity index is 1.51. The van der Waals surface area contributed by atoms with Crippen molar-refractivity contribution in [3.05, 3.63) is 52.6 Å². The fourth-order valence-corrected chi connectivity index (χ4v) is 4.50. The Morgan fingerprint density at radius 2 is 2.03 bits per heavy atom. The molecule has 2 aromatic rings. The standard InChI is InChI=1S/C21H30N5O6P/c1-21(2,3)25-19(27)17(22)10-14-4-6-15(7-5-14)32-33(29)13-30-16(12-31-33)11-26-9-8-18(23)24-20(26)28/h4-9,16-17H,10-13,22H2,1-3H3,(H,25,27)(H2,23,24,28)/t16-,17-,33-/m0/s1. The minimum absolute atomic E-state index is 0.0100. The van der Waals surface area contributed by atoms with Crippen molar-refractivity contribution in [1.82, 2.24) is 14.9 Å². The number of amides is 1. The summed E-state index contributed by atoms with van der Waals surface area (Å²) >= 11 is 0. The monoisotopic (exact) mass is 479 g/mol. The highest BCUT2D eigenvalue weighted by molar-refractivity contribution is 7.54. The van der Waals surface area contributed by atoms with Gasteiger partial charge in [0.15, 0.2) is 6.35 Å². The van der Waals surface area contributed by atoms with Gasteiger partial charge in [0.1, 0.15) is 17.7 Å². The van der Waals surface area contributed by atoms with Crippen molar-refractivity contribution >= 4 is 19.3 Å². The number of benzene rings is 1. The summed E-state index contributed by atoms with van der Waals surface area (Å²) in [6.07, 6.45) is 1.12. The lowest BCUT2D eigenvalue weighted by Crippen LogP contribution is -2.49. The Bertz CT molecular complexity index is 1070. The molecule has 1 aliphatic heterocycles. The molecule has 1 fully saturated rings. The van der Waals surface area contributed by atoms with Crippen molar-refractivity contribution in [3.63, 3.8) is 0 Å². The lowest BCUT2D eigenvalue weighted by molar-refractivity contribution is -0.123. The van der Waals surface area contributed by atoms with Crippen LogP contribution in [-0.4, -0.2) is 46.1 Å². The Morgan fingerprint density at radius 3 is 2.61 bits per heavy atom. The molecule has 2 heterocycles. The van der Waals surface area contributed by atoms with Crippen LogP contribution in [0.3, 0.4) is 0 Å². The maximum Gasteiger partial charge on any atom is 0.404 e. The Morgan fingerprint density at radius 1 is 1.33 bits per heavy atom. The topological polar surface area (TPSA) is 161 Å². The van der Waals surface area contributed by atoms with E-state index >= 15 is 0 Å². The van der Waals surface area contributed by atoms with E-state index in [4.69, 9.17) is 25.3 Å². The molecule has 1 saturated heterocycles. The SMILES string of the molecule is CC(C)(C)NC(=O)[C@@H](N)Cc1ccc(O[P@]2(=O)CO[C@@H](Cn3ccc(N)nc3=O)CO2)cc1. The van der Waals surface area contributed by atoms with E-state index in [0.717, 1.165) is 5.56 Å². The summed E-state index contributed by atoms with van der Waals surface area (Å²) in [5.41, 5.74) is 11.4. The molecule has 1 aromatic carbocycles. The van der Waals surface area contributed by atoms with Crippen molar-refractivity contribution < 1.29 is 23.1 Å². The van der Waals surface area contributed by atoms with Crippen molar-refractivity contribution in [2.45, 2.75) is 51.4 Å². The summed E-state index contributed by atoms with van der Waals surface area (Å²) in [4.78, 5) is 27.6. The van der Waals surface area contributed by atoms with Crippen molar-refractivity contribution in [1.29, 1.82) is 0 Å². The molecular formula is C21H30N5O6P. The van der Waals surface area contributed by atoms with Crippen molar-refractivity contribution in [3.8, 4) is 5.75 Å². The Hall–Kier alpha value is -2.72. The molecule has 3 rings (SSSR count). The lowest BCUT2D eigenvalue weighted by Gasteiger charge is -2.29. The maximum atomic E-state index is 12.9. The van der Waals surface area contributed by atoms with E-state index in [9.17, 15) is 14.2 Å². The number of anilines is 1. The molecule has 1 aliphatic rings. The molecule has 0 unspecified atom stereocenters. The highest BCUT2D eigenvalue weighted by Crippen LogP contribution is 2.50. The quantitative estimate of drug-likeness (QED) is 0.497. The second-order valence-corrected chi connectivity index (χ2v) is 10.8. The van der Waals surface area contributed by atoms with Crippen LogP contribution in [0.15, 0.2) is 41.3 Å². The third-order valence-corrected chi connectivity index (χ3v) is 6.18. The van der Waals surface area contributed by atoms with Crippen LogP contribution in [0.1, 0.15) is 26.3 Å². The van der Waals surface area contributed by atoms with Gasteiger partial charge in [0.05, 0.1) is 19.2 Å². The molecule has 12 heteroatoms. The van der Waals surface area contributed by atoms with Crippen molar-refractivity contribution in [2.24, 2.45) is 5.73 Å². The average Bonchev–Trinajstić information content (AvgIpc) is 2.72. The highest BCUT2D eigenvalue weighted by Gasteiger charge is 2.35. The van der Waals surface area contributed by atoms with E-state index in [-0.39, 0.29) is 36.8 Å². The van der Waals surface area contributed by atoms with Crippen LogP contribution < -0.4 is 27.0 Å². The highest BCUT2D eigenvalue weighted by atomic mass is 31.2. The van der Waals surface area contributed by atoms with Gasteiger partial charge in [-0.1, -0.05) is 12.1 Å². The van der Waals surface area contributed by atoms with Gasteiger partial charge in [-0.15, -0.1) is 0 Å². The van der Waals surface area contributed by atoms with Gasteiger partial charge in [0.2, 0.25) is 5.91 Å². The first-order valence-corrected chi connectivity index (χ1v) is 12.2. The van der Waals surface area contributed by atoms with Gasteiger partial charge in [-0.2, -0.15) is 4.98 Å². The van der Waals surface area contributed by atoms with Crippen LogP contribution in [0.25, 0.3) is 0 Å². The van der Waals surface area contributed by atoms with E-state index in [2.05, 4.69) is 10.3 Å². The number of nitrogens with zero attached hydrogens (tertiary/aromatic N) is 2. The number of carbonyl (C=O) groups excluding carboxylic acids is 1. The number of aromatic nitrogens is 2. The largest absolute Gasteiger partial charge is 0.423 e. The molecule has 0 aliphatic carbocycles. The summed E-state index contributed by atoms with van der Waals surface area (Å²) in [7, 11) is -3.51. The summed E-state index contributed by atoms with van der Waals surface area (Å²) in [5.74, 6) is 0.249. The van der Waals surface area contributed by atoms with Crippen LogP contribution in [-0.2, 0) is 31.6 Å². The van der Waals surface area contributed by atoms with E-state index in [0.29, 0.717) is 12.2 Å². The molecule has 5 N–H and O–H groups in total. The molecule has 1 amide bonds. The number of hydrogen-bond acceptors (Lipinski definition) is 9. The van der Waals surface area contributed by atoms with E-state index in [1.807, 2.05) is 20.8 Å². The van der Waals surface area contributed by atoms with Crippen molar-refractivity contribution in [2.75, 3.05) is 18.7 Å². The van der Waals surface area contributed by atoms with Gasteiger partial charge in [-0.3, -0.25) is 13.9 Å². The summed E-state index contributed by atoms with van der Waals surface area (Å²) in [6.45, 7) is 5.84. The number of nitrogen functional groups attached to an aromatic ring is 1. The minimum atomic E-state index is -3.51. The molecular weight excluding hydrogens is 449 g/mol. The summed E-state index contributed by atoms with van der Waals surface area (Å²) in [6, 6.07) is 7.59. The number of nitrogens with one attached hydrogen (secondary N) is 1. The Labute approximate surface area is 192 Å². The first kappa shape index (κ1) is 24.9. The Kier molecular flexibility index (Phi) is 7.58. The van der Waals surface area contributed by atoms with E-state index in [1.165, 1.54) is 16.8 Å². The van der Waals surface area contributed by atoms with Crippen LogP contribution in [0.4, 0.5) is 5.82 Å². The number of ether oxygens (including phenoxy) is 1. The van der Waals surface area contributed by atoms with Crippen LogP contribution >= 0.6 is 7.60 Å². The molecule has 0 spiro atoms. The predicted octanol–water partition coefficient (Wildman–Crippen LogP) is 1.26. The fraction of sp³-hybridized carbons (Fsp3) is 0.476. The zero-order valence-corrected chi connectivity index (χ0v) is 19.8. The normalized spacial score (nSPS) is 21.9. The van der Waals surface area contributed by atoms with Gasteiger partial charge in [0, 0.05) is 11.7 Å². The number of hydrogen-bond donors (Lipinski definition) is 3. The molecule has 0 saturated carbocycles. The van der Waals surface area contributed by atoms with E-state index < -0.39 is 25.4 Å². The minimum Gasteiger partial charge on any atom is -0.423 e. The van der Waals surface area contributed by atoms with Gasteiger partial charge in [-0.05, 0) is 51.0 Å². The van der Waals surface area contributed by atoms with Gasteiger partial charge in [0.25, 0.3) is 0 Å². The molecule has 0 bridgehead atoms. The number of carbonyl (C=O) groups is 1. The van der Waals surface area contributed by atoms with Gasteiger partial charge < -0.3 is 26.0 Å². The third-order valence-electron chi connectivity index (χ3n) is 4.68. The molecule has 1 aromatic heterocycles. The van der Waals surface area contributed by atoms with Crippen LogP contribution in [0.2, 0.25) is 0 Å².